The van der Waals surface area contributed by atoms with Gasteiger partial charge in [0, 0.05) is 6.08 Å². The van der Waals surface area contributed by atoms with Gasteiger partial charge in [-0.1, -0.05) is 0 Å². The van der Waals surface area contributed by atoms with Gasteiger partial charge in [-0.05, 0) is 0 Å². The number of hydrogen-bond acceptors (Lipinski definition) is 6. The van der Waals surface area contributed by atoms with Crippen LogP contribution in [0.5, 0.6) is 0 Å². The lowest BCUT2D eigenvalue weighted by Crippen LogP contribution is -2.07. The molecule has 0 aromatic carbocycles. The number of cyclic esters (lactones) is 4. The Bertz CT molecular complexity index is 281. The van der Waals surface area contributed by atoms with Crippen molar-refractivity contribution < 1.29 is 28.5 Å². The van der Waals surface area contributed by atoms with E-state index in [0.29, 0.717) is 5.76 Å². The lowest BCUT2D eigenvalue weighted by molar-refractivity contribution is 0.124. The molecule has 2 aliphatic rings. The Kier molecular flexibility index (Phi) is 1.80. The molecule has 0 spiro atoms. The first-order valence-corrected chi connectivity index (χ1v) is 3.63. The summed E-state index contributed by atoms with van der Waals surface area (Å²) in [7, 11) is 0. The minimum absolute atomic E-state index is 0.0763. The predicted octanol–water partition coefficient (Wildman–Crippen LogP) is 0.573. The molecule has 2 aliphatic heterocycles. The molecule has 0 aliphatic carbocycles. The summed E-state index contributed by atoms with van der Waals surface area (Å²) in [5, 5.41) is 0. The van der Waals surface area contributed by atoms with Crippen molar-refractivity contribution in [2.24, 2.45) is 0 Å². The van der Waals surface area contributed by atoms with E-state index >= 15 is 0 Å². The van der Waals surface area contributed by atoms with Crippen LogP contribution in [-0.4, -0.2) is 31.6 Å². The predicted molar refractivity (Wildman–Crippen MR) is 36.7 cm³/mol. The van der Waals surface area contributed by atoms with Crippen LogP contribution in [0.2, 0.25) is 0 Å². The first kappa shape index (κ1) is 7.90. The number of carbonyl (C=O) groups is 2. The molecule has 0 bridgehead atoms. The van der Waals surface area contributed by atoms with Crippen molar-refractivity contribution >= 4 is 12.3 Å². The van der Waals surface area contributed by atoms with E-state index in [4.69, 9.17) is 0 Å². The van der Waals surface area contributed by atoms with E-state index in [1.807, 2.05) is 0 Å². The highest BCUT2D eigenvalue weighted by Gasteiger charge is 2.26. The molecule has 6 heteroatoms. The Hall–Kier alpha value is -1.72. The summed E-state index contributed by atoms with van der Waals surface area (Å²) in [5.74, 6) is 0.341. The third-order valence-electron chi connectivity index (χ3n) is 1.53. The van der Waals surface area contributed by atoms with Gasteiger partial charge in [-0.15, -0.1) is 0 Å². The Morgan fingerprint density at radius 2 is 2.08 bits per heavy atom. The average molecular weight is 186 g/mol. The maximum Gasteiger partial charge on any atom is 0.514 e. The van der Waals surface area contributed by atoms with Crippen molar-refractivity contribution in [1.82, 2.24) is 0 Å². The summed E-state index contributed by atoms with van der Waals surface area (Å²) in [4.78, 5) is 20.9. The third-order valence-corrected chi connectivity index (χ3v) is 1.53. The van der Waals surface area contributed by atoms with Crippen LogP contribution in [0.3, 0.4) is 0 Å². The van der Waals surface area contributed by atoms with Gasteiger partial charge in [0.1, 0.15) is 12.4 Å². The van der Waals surface area contributed by atoms with Crippen LogP contribution in [0.25, 0.3) is 0 Å². The van der Waals surface area contributed by atoms with Crippen LogP contribution < -0.4 is 0 Å². The van der Waals surface area contributed by atoms with Gasteiger partial charge in [-0.2, -0.15) is 0 Å². The van der Waals surface area contributed by atoms with E-state index < -0.39 is 18.4 Å². The summed E-state index contributed by atoms with van der Waals surface area (Å²) in [5.41, 5.74) is 0. The topological polar surface area (TPSA) is 71.1 Å². The van der Waals surface area contributed by atoms with Crippen molar-refractivity contribution in [3.8, 4) is 0 Å². The van der Waals surface area contributed by atoms with Crippen molar-refractivity contribution in [3.63, 3.8) is 0 Å². The molecular weight excluding hydrogens is 180 g/mol. The van der Waals surface area contributed by atoms with Crippen LogP contribution in [0, 0.1) is 0 Å². The summed E-state index contributed by atoms with van der Waals surface area (Å²) >= 11 is 0. The zero-order valence-corrected chi connectivity index (χ0v) is 6.52. The molecular formula is C7H6O6. The molecule has 1 unspecified atom stereocenters. The first-order valence-electron chi connectivity index (χ1n) is 3.63. The van der Waals surface area contributed by atoms with E-state index in [1.54, 1.807) is 0 Å². The lowest BCUT2D eigenvalue weighted by atomic mass is 10.3. The maximum atomic E-state index is 10.5. The number of rotatable bonds is 1. The largest absolute Gasteiger partial charge is 0.514 e. The van der Waals surface area contributed by atoms with Gasteiger partial charge in [0.05, 0.1) is 0 Å². The van der Waals surface area contributed by atoms with Gasteiger partial charge < -0.3 is 18.9 Å². The van der Waals surface area contributed by atoms with Crippen molar-refractivity contribution in [3.05, 3.63) is 11.8 Å². The summed E-state index contributed by atoms with van der Waals surface area (Å²) in [6.07, 6.45) is -0.462. The molecule has 0 radical (unpaired) electrons. The van der Waals surface area contributed by atoms with E-state index in [9.17, 15) is 9.59 Å². The van der Waals surface area contributed by atoms with Gasteiger partial charge in [0.2, 0.25) is 0 Å². The van der Waals surface area contributed by atoms with Crippen LogP contribution in [0.1, 0.15) is 0 Å². The molecule has 0 aromatic heterocycles. The summed E-state index contributed by atoms with van der Waals surface area (Å²) in [6, 6.07) is 0. The Balaban J connectivity index is 1.96. The summed E-state index contributed by atoms with van der Waals surface area (Å²) in [6.45, 7) is 0.215. The molecule has 0 amide bonds. The van der Waals surface area contributed by atoms with Crippen LogP contribution in [-0.2, 0) is 18.9 Å². The smallest absolute Gasteiger partial charge is 0.430 e. The molecule has 70 valence electrons. The second-order valence-electron chi connectivity index (χ2n) is 2.49. The average Bonchev–Trinajstić information content (AvgIpc) is 2.62. The van der Waals surface area contributed by atoms with Gasteiger partial charge >= 0.3 is 12.3 Å². The molecule has 2 heterocycles. The fourth-order valence-corrected chi connectivity index (χ4v) is 1.01. The van der Waals surface area contributed by atoms with Crippen molar-refractivity contribution in [1.29, 1.82) is 0 Å². The molecule has 2 saturated heterocycles. The highest BCUT2D eigenvalue weighted by Crippen LogP contribution is 2.15. The van der Waals surface area contributed by atoms with E-state index in [0.717, 1.165) is 0 Å². The molecule has 0 saturated carbocycles. The van der Waals surface area contributed by atoms with E-state index in [1.165, 1.54) is 6.08 Å². The lowest BCUT2D eigenvalue weighted by Gasteiger charge is -1.98. The minimum Gasteiger partial charge on any atom is -0.430 e. The Morgan fingerprint density at radius 3 is 2.62 bits per heavy atom. The standard InChI is InChI=1S/C7H6O6/c8-6-10-2-4(12-6)1-5-3-11-7(9)13-5/h1,4H,2-3H2. The van der Waals surface area contributed by atoms with Gasteiger partial charge in [0.25, 0.3) is 0 Å². The van der Waals surface area contributed by atoms with Gasteiger partial charge in [-0.25, -0.2) is 9.59 Å². The van der Waals surface area contributed by atoms with E-state index in [2.05, 4.69) is 18.9 Å². The highest BCUT2D eigenvalue weighted by atomic mass is 16.8. The number of carbonyl (C=O) groups excluding carboxylic acids is 2. The van der Waals surface area contributed by atoms with E-state index in [-0.39, 0.29) is 13.2 Å². The molecule has 2 fully saturated rings. The third kappa shape index (κ3) is 1.71. The fourth-order valence-electron chi connectivity index (χ4n) is 1.01. The highest BCUT2D eigenvalue weighted by molar-refractivity contribution is 5.64. The fraction of sp³-hybridized carbons (Fsp3) is 0.429. The quantitative estimate of drug-likeness (QED) is 0.557. The normalized spacial score (nSPS) is 29.5. The second kappa shape index (κ2) is 2.96. The minimum atomic E-state index is -0.739. The molecule has 1 atom stereocenters. The van der Waals surface area contributed by atoms with Crippen molar-refractivity contribution in [2.75, 3.05) is 13.2 Å². The number of hydrogen-bond donors (Lipinski definition) is 0. The zero-order chi connectivity index (χ0) is 9.26. The van der Waals surface area contributed by atoms with Crippen LogP contribution >= 0.6 is 0 Å². The van der Waals surface area contributed by atoms with Crippen LogP contribution in [0.4, 0.5) is 9.59 Å². The molecule has 0 N–H and O–H groups in total. The van der Waals surface area contributed by atoms with Gasteiger partial charge in [-0.3, -0.25) is 0 Å². The molecule has 13 heavy (non-hydrogen) atoms. The van der Waals surface area contributed by atoms with Crippen molar-refractivity contribution in [2.45, 2.75) is 6.10 Å². The SMILES string of the molecule is O=C1OCC(=CC2COC(=O)O2)O1. The molecule has 6 nitrogen and oxygen atoms in total. The Labute approximate surface area is 73.0 Å². The molecule has 0 aromatic rings. The zero-order valence-electron chi connectivity index (χ0n) is 6.52. The van der Waals surface area contributed by atoms with Gasteiger partial charge in [0.15, 0.2) is 12.7 Å². The summed E-state index contributed by atoms with van der Waals surface area (Å²) < 4.78 is 18.3. The first-order chi connectivity index (χ1) is 6.24. The Morgan fingerprint density at radius 1 is 1.23 bits per heavy atom. The monoisotopic (exact) mass is 186 g/mol. The number of ether oxygens (including phenoxy) is 4. The maximum absolute atomic E-state index is 10.5. The second-order valence-corrected chi connectivity index (χ2v) is 2.49. The van der Waals surface area contributed by atoms with Crippen LogP contribution in [0.15, 0.2) is 11.8 Å². The molecule has 2 rings (SSSR count).